The first-order valence-electron chi connectivity index (χ1n) is 7.24. The van der Waals surface area contributed by atoms with Gasteiger partial charge in [0.2, 0.25) is 0 Å². The molecule has 20 heavy (non-hydrogen) atoms. The monoisotopic (exact) mass is 274 g/mol. The summed E-state index contributed by atoms with van der Waals surface area (Å²) < 4.78 is 7.71. The third-order valence-corrected chi connectivity index (χ3v) is 4.05. The molecular weight excluding hydrogens is 252 g/mol. The van der Waals surface area contributed by atoms with Gasteiger partial charge in [-0.05, 0) is 39.7 Å². The number of nitrogens with one attached hydrogen (secondary N) is 1. The Balaban J connectivity index is 1.65. The van der Waals surface area contributed by atoms with Gasteiger partial charge in [0, 0.05) is 24.6 Å². The summed E-state index contributed by atoms with van der Waals surface area (Å²) >= 11 is 0. The van der Waals surface area contributed by atoms with Crippen molar-refractivity contribution in [2.24, 2.45) is 7.05 Å². The second kappa shape index (κ2) is 5.05. The molecule has 2 aromatic heterocycles. The lowest BCUT2D eigenvalue weighted by Crippen LogP contribution is -2.20. The summed E-state index contributed by atoms with van der Waals surface area (Å²) in [6.07, 6.45) is 2.51. The number of rotatable bonds is 5. The number of aromatic nitrogens is 3. The van der Waals surface area contributed by atoms with Gasteiger partial charge in [0.1, 0.15) is 23.2 Å². The van der Waals surface area contributed by atoms with Crippen molar-refractivity contribution >= 4 is 0 Å². The molecule has 1 atom stereocenters. The smallest absolute Gasteiger partial charge is 0.146 e. The van der Waals surface area contributed by atoms with Crippen molar-refractivity contribution in [2.75, 3.05) is 0 Å². The van der Waals surface area contributed by atoms with Gasteiger partial charge in [-0.1, -0.05) is 0 Å². The Bertz CT molecular complexity index is 609. The van der Waals surface area contributed by atoms with Crippen LogP contribution in [0.5, 0.6) is 0 Å². The molecule has 1 N–H and O–H groups in total. The Kier molecular flexibility index (Phi) is 3.38. The van der Waals surface area contributed by atoms with Gasteiger partial charge in [0.05, 0.1) is 6.54 Å². The van der Waals surface area contributed by atoms with Crippen molar-refractivity contribution in [3.05, 3.63) is 34.8 Å². The van der Waals surface area contributed by atoms with E-state index in [2.05, 4.69) is 40.1 Å². The molecule has 108 valence electrons. The molecule has 1 fully saturated rings. The Hall–Kier alpha value is -1.62. The number of nitrogens with zero attached hydrogens (tertiary/aromatic N) is 3. The minimum absolute atomic E-state index is 0.244. The minimum atomic E-state index is 0.244. The fraction of sp³-hybridized carbons (Fsp3) is 0.600. The van der Waals surface area contributed by atoms with E-state index in [1.165, 1.54) is 18.4 Å². The minimum Gasteiger partial charge on any atom is -0.466 e. The largest absolute Gasteiger partial charge is 0.466 e. The van der Waals surface area contributed by atoms with E-state index < -0.39 is 0 Å². The fourth-order valence-electron chi connectivity index (χ4n) is 2.66. The second-order valence-electron chi connectivity index (χ2n) is 5.78. The van der Waals surface area contributed by atoms with Crippen LogP contribution in [-0.2, 0) is 13.6 Å². The molecule has 1 aliphatic carbocycles. The topological polar surface area (TPSA) is 55.9 Å². The Labute approximate surface area is 119 Å². The Morgan fingerprint density at radius 3 is 2.75 bits per heavy atom. The number of hydrogen-bond acceptors (Lipinski definition) is 4. The van der Waals surface area contributed by atoms with Crippen molar-refractivity contribution < 1.29 is 4.42 Å². The number of furan rings is 1. The highest BCUT2D eigenvalue weighted by Gasteiger charge is 2.29. The Morgan fingerprint density at radius 2 is 2.15 bits per heavy atom. The van der Waals surface area contributed by atoms with E-state index in [0.29, 0.717) is 5.92 Å². The van der Waals surface area contributed by atoms with E-state index >= 15 is 0 Å². The lowest BCUT2D eigenvalue weighted by atomic mass is 10.1. The highest BCUT2D eigenvalue weighted by Crippen LogP contribution is 2.38. The van der Waals surface area contributed by atoms with Gasteiger partial charge in [-0.3, -0.25) is 0 Å². The third kappa shape index (κ3) is 2.50. The van der Waals surface area contributed by atoms with Crippen LogP contribution in [0.1, 0.15) is 60.5 Å². The molecule has 0 aliphatic heterocycles. The van der Waals surface area contributed by atoms with Gasteiger partial charge in [-0.2, -0.15) is 0 Å². The second-order valence-corrected chi connectivity index (χ2v) is 5.78. The predicted molar refractivity (Wildman–Crippen MR) is 76.4 cm³/mol. The van der Waals surface area contributed by atoms with Crippen LogP contribution in [-0.4, -0.2) is 14.8 Å². The summed E-state index contributed by atoms with van der Waals surface area (Å²) in [5.74, 6) is 4.71. The Morgan fingerprint density at radius 1 is 1.40 bits per heavy atom. The highest BCUT2D eigenvalue weighted by atomic mass is 16.3. The standard InChI is InChI=1S/C15H22N4O/c1-9-7-13(11(3)20-9)10(2)16-8-14-17-18-15(19(14)4)12-5-6-12/h7,10,12,16H,5-6,8H2,1-4H3/t10-/m0/s1. The number of hydrogen-bond donors (Lipinski definition) is 1. The van der Waals surface area contributed by atoms with E-state index in [9.17, 15) is 0 Å². The highest BCUT2D eigenvalue weighted by molar-refractivity contribution is 5.23. The quantitative estimate of drug-likeness (QED) is 0.911. The summed E-state index contributed by atoms with van der Waals surface area (Å²) in [5.41, 5.74) is 1.21. The summed E-state index contributed by atoms with van der Waals surface area (Å²) in [6.45, 7) is 6.86. The zero-order valence-electron chi connectivity index (χ0n) is 12.6. The van der Waals surface area contributed by atoms with Gasteiger partial charge >= 0.3 is 0 Å². The van der Waals surface area contributed by atoms with E-state index in [4.69, 9.17) is 4.42 Å². The zero-order valence-corrected chi connectivity index (χ0v) is 12.6. The maximum absolute atomic E-state index is 5.58. The normalized spacial score (nSPS) is 16.6. The first-order valence-corrected chi connectivity index (χ1v) is 7.24. The zero-order chi connectivity index (χ0) is 14.3. The summed E-state index contributed by atoms with van der Waals surface area (Å²) in [5, 5.41) is 12.1. The van der Waals surface area contributed by atoms with E-state index in [-0.39, 0.29) is 6.04 Å². The molecule has 1 aliphatic rings. The molecule has 3 rings (SSSR count). The molecule has 2 heterocycles. The molecule has 0 aromatic carbocycles. The molecule has 0 radical (unpaired) electrons. The van der Waals surface area contributed by atoms with Crippen LogP contribution in [0, 0.1) is 13.8 Å². The number of aryl methyl sites for hydroxylation is 2. The molecular formula is C15H22N4O. The van der Waals surface area contributed by atoms with Crippen LogP contribution < -0.4 is 5.32 Å². The van der Waals surface area contributed by atoms with Crippen molar-refractivity contribution in [3.8, 4) is 0 Å². The first-order chi connectivity index (χ1) is 9.56. The molecule has 0 saturated heterocycles. The van der Waals surface area contributed by atoms with E-state index in [1.807, 2.05) is 13.8 Å². The van der Waals surface area contributed by atoms with Crippen LogP contribution in [0.3, 0.4) is 0 Å². The van der Waals surface area contributed by atoms with Crippen LogP contribution in [0.4, 0.5) is 0 Å². The lowest BCUT2D eigenvalue weighted by Gasteiger charge is -2.12. The molecule has 2 aromatic rings. The van der Waals surface area contributed by atoms with Crippen LogP contribution in [0.25, 0.3) is 0 Å². The van der Waals surface area contributed by atoms with Crippen molar-refractivity contribution in [1.29, 1.82) is 0 Å². The molecule has 1 saturated carbocycles. The van der Waals surface area contributed by atoms with Crippen molar-refractivity contribution in [2.45, 2.75) is 52.1 Å². The molecule has 0 amide bonds. The fourth-order valence-corrected chi connectivity index (χ4v) is 2.66. The molecule has 5 nitrogen and oxygen atoms in total. The average Bonchev–Trinajstić information content (AvgIpc) is 3.10. The van der Waals surface area contributed by atoms with Crippen molar-refractivity contribution in [3.63, 3.8) is 0 Å². The summed E-state index contributed by atoms with van der Waals surface area (Å²) in [6, 6.07) is 2.34. The first kappa shape index (κ1) is 13.4. The molecule has 5 heteroatoms. The SMILES string of the molecule is Cc1cc([C@H](C)NCc2nnc(C3CC3)n2C)c(C)o1. The maximum Gasteiger partial charge on any atom is 0.146 e. The van der Waals surface area contributed by atoms with Gasteiger partial charge < -0.3 is 14.3 Å². The van der Waals surface area contributed by atoms with E-state index in [0.717, 1.165) is 29.7 Å². The summed E-state index contributed by atoms with van der Waals surface area (Å²) in [4.78, 5) is 0. The molecule has 0 bridgehead atoms. The van der Waals surface area contributed by atoms with Crippen LogP contribution >= 0.6 is 0 Å². The maximum atomic E-state index is 5.58. The van der Waals surface area contributed by atoms with E-state index in [1.54, 1.807) is 0 Å². The molecule has 0 unspecified atom stereocenters. The van der Waals surface area contributed by atoms with Gasteiger partial charge in [-0.25, -0.2) is 0 Å². The van der Waals surface area contributed by atoms with Gasteiger partial charge in [0.15, 0.2) is 0 Å². The van der Waals surface area contributed by atoms with Gasteiger partial charge in [0.25, 0.3) is 0 Å². The third-order valence-electron chi connectivity index (χ3n) is 4.05. The van der Waals surface area contributed by atoms with Crippen LogP contribution in [0.2, 0.25) is 0 Å². The van der Waals surface area contributed by atoms with Gasteiger partial charge in [-0.15, -0.1) is 10.2 Å². The lowest BCUT2D eigenvalue weighted by molar-refractivity contribution is 0.486. The van der Waals surface area contributed by atoms with Crippen molar-refractivity contribution in [1.82, 2.24) is 20.1 Å². The summed E-state index contributed by atoms with van der Waals surface area (Å²) in [7, 11) is 2.06. The molecule has 0 spiro atoms. The average molecular weight is 274 g/mol. The van der Waals surface area contributed by atoms with Crippen LogP contribution in [0.15, 0.2) is 10.5 Å². The predicted octanol–water partition coefficient (Wildman–Crippen LogP) is 2.75.